The number of benzene rings is 2. The molecule has 1 aliphatic heterocycles. The Labute approximate surface area is 185 Å². The third-order valence-corrected chi connectivity index (χ3v) is 5.73. The van der Waals surface area contributed by atoms with Gasteiger partial charge in [-0.15, -0.1) is 10.2 Å². The molecule has 0 saturated carbocycles. The number of piperazine rings is 1. The summed E-state index contributed by atoms with van der Waals surface area (Å²) < 4.78 is 11.4. The van der Waals surface area contributed by atoms with Crippen LogP contribution in [0.2, 0.25) is 5.02 Å². The molecule has 0 amide bonds. The van der Waals surface area contributed by atoms with E-state index in [1.807, 2.05) is 55.5 Å². The molecule has 7 nitrogen and oxygen atoms in total. The third-order valence-electron chi connectivity index (χ3n) is 5.50. The molecule has 1 aliphatic rings. The Hall–Kier alpha value is -3.16. The molecule has 5 rings (SSSR count). The highest BCUT2D eigenvalue weighted by Gasteiger charge is 2.24. The van der Waals surface area contributed by atoms with Crippen molar-refractivity contribution in [1.29, 1.82) is 0 Å². The van der Waals surface area contributed by atoms with Crippen molar-refractivity contribution in [2.45, 2.75) is 13.5 Å². The quantitative estimate of drug-likeness (QED) is 0.450. The molecule has 1 saturated heterocycles. The van der Waals surface area contributed by atoms with Gasteiger partial charge in [0.2, 0.25) is 5.89 Å². The van der Waals surface area contributed by atoms with Gasteiger partial charge >= 0.3 is 0 Å². The predicted octanol–water partition coefficient (Wildman–Crippen LogP) is 4.68. The molecule has 4 aromatic rings. The first-order valence-electron chi connectivity index (χ1n) is 10.2. The predicted molar refractivity (Wildman–Crippen MR) is 119 cm³/mol. The van der Waals surface area contributed by atoms with E-state index in [0.717, 1.165) is 48.0 Å². The van der Waals surface area contributed by atoms with Crippen molar-refractivity contribution in [2.75, 3.05) is 31.1 Å². The molecule has 31 heavy (non-hydrogen) atoms. The highest BCUT2D eigenvalue weighted by atomic mass is 35.5. The lowest BCUT2D eigenvalue weighted by atomic mass is 10.1. The van der Waals surface area contributed by atoms with Crippen molar-refractivity contribution < 1.29 is 8.94 Å². The van der Waals surface area contributed by atoms with Crippen LogP contribution in [0.5, 0.6) is 0 Å². The Morgan fingerprint density at radius 2 is 1.77 bits per heavy atom. The monoisotopic (exact) mass is 435 g/mol. The van der Waals surface area contributed by atoms with Gasteiger partial charge in [-0.05, 0) is 25.1 Å². The second-order valence-corrected chi connectivity index (χ2v) is 8.01. The lowest BCUT2D eigenvalue weighted by molar-refractivity contribution is 0.227. The molecule has 1 fully saturated rings. The smallest absolute Gasteiger partial charge is 0.253 e. The maximum absolute atomic E-state index is 6.13. The Bertz CT molecular complexity index is 1170. The van der Waals surface area contributed by atoms with Crippen LogP contribution in [0.4, 0.5) is 5.69 Å². The first-order valence-corrected chi connectivity index (χ1v) is 10.6. The van der Waals surface area contributed by atoms with Crippen LogP contribution in [0.15, 0.2) is 63.5 Å². The second-order valence-electron chi connectivity index (χ2n) is 7.57. The summed E-state index contributed by atoms with van der Waals surface area (Å²) in [4.78, 5) is 4.66. The van der Waals surface area contributed by atoms with Crippen molar-refractivity contribution in [3.05, 3.63) is 71.3 Å². The van der Waals surface area contributed by atoms with Gasteiger partial charge in [0.15, 0.2) is 0 Å². The minimum Gasteiger partial charge on any atom is -0.419 e. The average Bonchev–Trinajstić information content (AvgIpc) is 3.41. The van der Waals surface area contributed by atoms with E-state index in [4.69, 9.17) is 20.5 Å². The number of hydrogen-bond acceptors (Lipinski definition) is 7. The van der Waals surface area contributed by atoms with E-state index in [2.05, 4.69) is 31.2 Å². The number of rotatable bonds is 5. The minimum absolute atomic E-state index is 0.435. The fourth-order valence-electron chi connectivity index (χ4n) is 3.86. The molecule has 0 radical (unpaired) electrons. The second kappa shape index (κ2) is 8.53. The zero-order chi connectivity index (χ0) is 21.2. The summed E-state index contributed by atoms with van der Waals surface area (Å²) in [6.07, 6.45) is 0. The summed E-state index contributed by atoms with van der Waals surface area (Å²) in [5.74, 6) is 1.68. The van der Waals surface area contributed by atoms with Crippen LogP contribution in [0.1, 0.15) is 11.7 Å². The van der Waals surface area contributed by atoms with Gasteiger partial charge in [0.1, 0.15) is 17.0 Å². The molecular weight excluding hydrogens is 414 g/mol. The van der Waals surface area contributed by atoms with Gasteiger partial charge in [0, 0.05) is 42.5 Å². The molecule has 2 aromatic heterocycles. The summed E-state index contributed by atoms with van der Waals surface area (Å²) in [6, 6.07) is 17.8. The fraction of sp³-hybridized carbons (Fsp3) is 0.261. The van der Waals surface area contributed by atoms with E-state index in [9.17, 15) is 0 Å². The molecule has 3 heterocycles. The van der Waals surface area contributed by atoms with Crippen LogP contribution in [0, 0.1) is 6.92 Å². The average molecular weight is 436 g/mol. The lowest BCUT2D eigenvalue weighted by Crippen LogP contribution is -2.46. The van der Waals surface area contributed by atoms with E-state index in [1.165, 1.54) is 0 Å². The summed E-state index contributed by atoms with van der Waals surface area (Å²) >= 11 is 6.13. The third kappa shape index (κ3) is 4.19. The Balaban J connectivity index is 1.27. The Morgan fingerprint density at radius 1 is 0.968 bits per heavy atom. The van der Waals surface area contributed by atoms with E-state index in [1.54, 1.807) is 0 Å². The molecule has 0 spiro atoms. The van der Waals surface area contributed by atoms with Crippen molar-refractivity contribution in [2.24, 2.45) is 0 Å². The number of halogens is 1. The molecule has 158 valence electrons. The largest absolute Gasteiger partial charge is 0.419 e. The van der Waals surface area contributed by atoms with Crippen LogP contribution in [-0.4, -0.2) is 46.4 Å². The van der Waals surface area contributed by atoms with E-state index in [0.29, 0.717) is 29.8 Å². The van der Waals surface area contributed by atoms with Crippen LogP contribution in [-0.2, 0) is 6.54 Å². The molecule has 0 unspecified atom stereocenters. The van der Waals surface area contributed by atoms with Crippen molar-refractivity contribution in [1.82, 2.24) is 20.3 Å². The highest BCUT2D eigenvalue weighted by molar-refractivity contribution is 6.30. The highest BCUT2D eigenvalue weighted by Crippen LogP contribution is 2.33. The van der Waals surface area contributed by atoms with Crippen LogP contribution in [0.25, 0.3) is 22.7 Å². The number of nitrogens with zero attached hydrogens (tertiary/aromatic N) is 5. The normalized spacial score (nSPS) is 14.8. The first kappa shape index (κ1) is 19.8. The van der Waals surface area contributed by atoms with Crippen LogP contribution in [0.3, 0.4) is 0 Å². The molecule has 0 atom stereocenters. The fourth-order valence-corrected chi connectivity index (χ4v) is 4.05. The topological polar surface area (TPSA) is 71.4 Å². The van der Waals surface area contributed by atoms with Crippen LogP contribution < -0.4 is 4.90 Å². The molecule has 8 heteroatoms. The van der Waals surface area contributed by atoms with E-state index < -0.39 is 0 Å². The lowest BCUT2D eigenvalue weighted by Gasteiger charge is -2.35. The molecule has 2 aromatic carbocycles. The van der Waals surface area contributed by atoms with Gasteiger partial charge in [0.25, 0.3) is 5.89 Å². The molecule has 0 aliphatic carbocycles. The van der Waals surface area contributed by atoms with Gasteiger partial charge in [0.05, 0.1) is 6.54 Å². The maximum Gasteiger partial charge on any atom is 0.253 e. The first-order chi connectivity index (χ1) is 15.2. The maximum atomic E-state index is 6.13. The van der Waals surface area contributed by atoms with Crippen molar-refractivity contribution in [3.8, 4) is 22.7 Å². The molecule has 0 N–H and O–H groups in total. The van der Waals surface area contributed by atoms with E-state index >= 15 is 0 Å². The Kier molecular flexibility index (Phi) is 5.44. The van der Waals surface area contributed by atoms with Gasteiger partial charge < -0.3 is 13.8 Å². The molecular formula is C23H22ClN5O2. The van der Waals surface area contributed by atoms with Gasteiger partial charge in [-0.1, -0.05) is 53.2 Å². The number of aromatic nitrogens is 3. The van der Waals surface area contributed by atoms with Gasteiger partial charge in [-0.2, -0.15) is 0 Å². The molecule has 0 bridgehead atoms. The zero-order valence-corrected chi connectivity index (χ0v) is 17.9. The van der Waals surface area contributed by atoms with E-state index in [-0.39, 0.29) is 0 Å². The number of hydrogen-bond donors (Lipinski definition) is 0. The standard InChI is InChI=1S/C23H22ClN5O2/c1-16-21(22(27-31-16)17-6-3-2-4-7-17)23-26-25-20(30-23)15-28-10-12-29(13-11-28)19-9-5-8-18(24)14-19/h2-9,14H,10-13,15H2,1H3. The summed E-state index contributed by atoms with van der Waals surface area (Å²) in [7, 11) is 0. The SMILES string of the molecule is Cc1onc(-c2ccccc2)c1-c1nnc(CN2CCN(c3cccc(Cl)c3)CC2)o1. The van der Waals surface area contributed by atoms with Gasteiger partial charge in [-0.3, -0.25) is 4.90 Å². The Morgan fingerprint density at radius 3 is 2.55 bits per heavy atom. The summed E-state index contributed by atoms with van der Waals surface area (Å²) in [6.45, 7) is 6.13. The zero-order valence-electron chi connectivity index (χ0n) is 17.2. The summed E-state index contributed by atoms with van der Waals surface area (Å²) in [5, 5.41) is 13.5. The number of aryl methyl sites for hydroxylation is 1. The van der Waals surface area contributed by atoms with Crippen LogP contribution >= 0.6 is 11.6 Å². The summed E-state index contributed by atoms with van der Waals surface area (Å²) in [5.41, 5.74) is 3.56. The van der Waals surface area contributed by atoms with Gasteiger partial charge in [-0.25, -0.2) is 0 Å². The minimum atomic E-state index is 0.435. The van der Waals surface area contributed by atoms with Crippen molar-refractivity contribution >= 4 is 17.3 Å². The van der Waals surface area contributed by atoms with Crippen molar-refractivity contribution in [3.63, 3.8) is 0 Å². The number of anilines is 1.